The third-order valence-electron chi connectivity index (χ3n) is 7.35. The van der Waals surface area contributed by atoms with Crippen LogP contribution in [0.25, 0.3) is 21.1 Å². The number of likely N-dealkylation sites (tertiary alicyclic amines) is 1. The highest BCUT2D eigenvalue weighted by Gasteiger charge is 2.53. The van der Waals surface area contributed by atoms with E-state index in [9.17, 15) is 19.5 Å². The number of primary amides is 1. The largest absolute Gasteiger partial charge is 0.432 e. The lowest BCUT2D eigenvalue weighted by atomic mass is 10.2. The second-order valence-corrected chi connectivity index (χ2v) is 11.0. The number of ether oxygens (including phenoxy) is 1. The summed E-state index contributed by atoms with van der Waals surface area (Å²) >= 11 is 1.38. The van der Waals surface area contributed by atoms with E-state index in [0.717, 1.165) is 39.8 Å². The maximum Gasteiger partial charge on any atom is 0.419 e. The molecule has 4 heterocycles. The fourth-order valence-electron chi connectivity index (χ4n) is 5.13. The van der Waals surface area contributed by atoms with E-state index in [0.29, 0.717) is 35.5 Å². The fraction of sp³-hybridized carbons (Fsp3) is 0.333. The molecule has 4 aromatic rings. The van der Waals surface area contributed by atoms with Crippen molar-refractivity contribution in [3.63, 3.8) is 0 Å². The van der Waals surface area contributed by atoms with E-state index >= 15 is 0 Å². The zero-order valence-corrected chi connectivity index (χ0v) is 21.6. The number of nitrogens with one attached hydrogen (secondary N) is 1. The second-order valence-electron chi connectivity index (χ2n) is 9.91. The van der Waals surface area contributed by atoms with Crippen molar-refractivity contribution in [2.45, 2.75) is 44.2 Å². The van der Waals surface area contributed by atoms with Crippen LogP contribution in [-0.4, -0.2) is 62.3 Å². The molecule has 1 aliphatic heterocycles. The van der Waals surface area contributed by atoms with Gasteiger partial charge in [-0.2, -0.15) is 0 Å². The van der Waals surface area contributed by atoms with Crippen LogP contribution >= 0.6 is 11.3 Å². The highest BCUT2D eigenvalue weighted by molar-refractivity contribution is 7.21. The number of fused-ring (bicyclic) bond motifs is 2. The lowest BCUT2D eigenvalue weighted by molar-refractivity contribution is -0.128. The van der Waals surface area contributed by atoms with Gasteiger partial charge in [-0.25, -0.2) is 9.36 Å². The molecule has 2 fully saturated rings. The molecule has 1 aromatic carbocycles. The van der Waals surface area contributed by atoms with Crippen molar-refractivity contribution in [3.8, 4) is 0 Å². The van der Waals surface area contributed by atoms with Gasteiger partial charge < -0.3 is 25.8 Å². The summed E-state index contributed by atoms with van der Waals surface area (Å²) in [6.45, 7) is 2.42. The number of hydrogen-bond acceptors (Lipinski definition) is 8. The third kappa shape index (κ3) is 4.07. The molecule has 2 aliphatic rings. The molecule has 6 rings (SSSR count). The molecule has 0 bridgehead atoms. The Morgan fingerprint density at radius 1 is 1.24 bits per heavy atom. The predicted molar refractivity (Wildman–Crippen MR) is 144 cm³/mol. The predicted octanol–water partition coefficient (Wildman–Crippen LogP) is 3.90. The number of pyridine rings is 1. The minimum Gasteiger partial charge on any atom is -0.432 e. The number of thiophene rings is 1. The number of benzene rings is 1. The van der Waals surface area contributed by atoms with E-state index in [1.165, 1.54) is 15.9 Å². The number of hydrogen-bond donors (Lipinski definition) is 3. The molecule has 1 atom stereocenters. The Kier molecular flexibility index (Phi) is 5.84. The number of aromatic nitrogens is 2. The number of aryl methyl sites for hydroxylation is 1. The summed E-state index contributed by atoms with van der Waals surface area (Å²) < 4.78 is 7.78. The van der Waals surface area contributed by atoms with Crippen molar-refractivity contribution in [2.75, 3.05) is 18.5 Å². The average molecular weight is 534 g/mol. The lowest BCUT2D eigenvalue weighted by Crippen LogP contribution is -2.37. The molecule has 11 heteroatoms. The van der Waals surface area contributed by atoms with Crippen LogP contribution in [0.3, 0.4) is 0 Å². The van der Waals surface area contributed by atoms with E-state index < -0.39 is 17.6 Å². The number of carbonyl (C=O) groups is 3. The van der Waals surface area contributed by atoms with Gasteiger partial charge in [0.15, 0.2) is 5.60 Å². The molecular weight excluding hydrogens is 506 g/mol. The molecule has 1 unspecified atom stereocenters. The minimum atomic E-state index is -1.19. The lowest BCUT2D eigenvalue weighted by Gasteiger charge is -2.22. The summed E-state index contributed by atoms with van der Waals surface area (Å²) in [4.78, 5) is 44.5. The topological polar surface area (TPSA) is 140 Å². The van der Waals surface area contributed by atoms with Crippen LogP contribution in [0.5, 0.6) is 0 Å². The van der Waals surface area contributed by atoms with Crippen LogP contribution in [-0.2, 0) is 9.53 Å². The Morgan fingerprint density at radius 2 is 2.05 bits per heavy atom. The average Bonchev–Trinajstić information content (AvgIpc) is 3.22. The molecule has 196 valence electrons. The van der Waals surface area contributed by atoms with Crippen LogP contribution in [0.4, 0.5) is 16.2 Å². The van der Waals surface area contributed by atoms with Gasteiger partial charge in [0, 0.05) is 42.4 Å². The van der Waals surface area contributed by atoms with E-state index in [1.807, 2.05) is 30.3 Å². The summed E-state index contributed by atoms with van der Waals surface area (Å²) in [5, 5.41) is 13.9. The van der Waals surface area contributed by atoms with E-state index in [1.54, 1.807) is 24.1 Å². The maximum absolute atomic E-state index is 13.1. The summed E-state index contributed by atoms with van der Waals surface area (Å²) in [5.41, 5.74) is 7.89. The van der Waals surface area contributed by atoms with Gasteiger partial charge in [-0.1, -0.05) is 0 Å². The molecule has 0 spiro atoms. The van der Waals surface area contributed by atoms with Crippen LogP contribution in [0.2, 0.25) is 0 Å². The van der Waals surface area contributed by atoms with Gasteiger partial charge in [0.2, 0.25) is 0 Å². The Bertz CT molecular complexity index is 1600. The summed E-state index contributed by atoms with van der Waals surface area (Å²) in [5.74, 6) is -0.702. The van der Waals surface area contributed by atoms with Crippen LogP contribution in [0.1, 0.15) is 41.0 Å². The minimum absolute atomic E-state index is 0.0326. The molecule has 0 radical (unpaired) electrons. The zero-order chi connectivity index (χ0) is 26.6. The number of rotatable bonds is 6. The molecule has 1 aliphatic carbocycles. The van der Waals surface area contributed by atoms with Gasteiger partial charge in [-0.05, 0) is 56.2 Å². The second kappa shape index (κ2) is 9.10. The Hall–Kier alpha value is -3.96. The van der Waals surface area contributed by atoms with Gasteiger partial charge in [-0.3, -0.25) is 14.6 Å². The van der Waals surface area contributed by atoms with Gasteiger partial charge in [0.05, 0.1) is 38.9 Å². The molecule has 2 amide bonds. The SMILES string of the molecule is Cc1cc2cc(Nc3ccnc4cc(C(=O)N5CCCC5CO)sc34)ccc2n1C(=O)OC1(C(N)=O)CC1. The van der Waals surface area contributed by atoms with Crippen molar-refractivity contribution >= 4 is 61.7 Å². The molecule has 10 nitrogen and oxygen atoms in total. The maximum atomic E-state index is 13.1. The third-order valence-corrected chi connectivity index (χ3v) is 8.50. The van der Waals surface area contributed by atoms with Crippen LogP contribution < -0.4 is 11.1 Å². The fourth-order valence-corrected chi connectivity index (χ4v) is 6.17. The molecule has 3 aromatic heterocycles. The normalized spacial score (nSPS) is 18.2. The first-order valence-corrected chi connectivity index (χ1v) is 13.3. The van der Waals surface area contributed by atoms with Gasteiger partial charge in [0.1, 0.15) is 0 Å². The summed E-state index contributed by atoms with van der Waals surface area (Å²) in [6, 6.07) is 11.0. The van der Waals surface area contributed by atoms with Crippen molar-refractivity contribution in [1.29, 1.82) is 0 Å². The highest BCUT2D eigenvalue weighted by atomic mass is 32.1. The first kappa shape index (κ1) is 24.4. The monoisotopic (exact) mass is 533 g/mol. The van der Waals surface area contributed by atoms with Gasteiger partial charge in [0.25, 0.3) is 11.8 Å². The molecule has 1 saturated carbocycles. The van der Waals surface area contributed by atoms with Crippen LogP contribution in [0, 0.1) is 6.92 Å². The number of aliphatic hydroxyl groups is 1. The number of nitrogens with two attached hydrogens (primary N) is 1. The first-order valence-electron chi connectivity index (χ1n) is 12.5. The highest BCUT2D eigenvalue weighted by Crippen LogP contribution is 2.40. The van der Waals surface area contributed by atoms with E-state index in [4.69, 9.17) is 10.5 Å². The number of anilines is 2. The summed E-state index contributed by atoms with van der Waals surface area (Å²) in [7, 11) is 0. The quantitative estimate of drug-likeness (QED) is 0.341. The standard InChI is InChI=1S/C27H27N5O5S/c1-15-11-16-12-17(4-5-21(16)32(15)26(36)37-27(7-8-27)25(28)35)30-19-6-9-29-20-13-22(38-23(19)20)24(34)31-10-2-3-18(31)14-33/h4-6,9,11-13,18,33H,2-3,7-8,10,14H2,1H3,(H2,28,35)(H,29,30). The Morgan fingerprint density at radius 3 is 2.79 bits per heavy atom. The van der Waals surface area contributed by atoms with Gasteiger partial charge >= 0.3 is 6.09 Å². The number of aliphatic hydroxyl groups excluding tert-OH is 1. The smallest absolute Gasteiger partial charge is 0.419 e. The first-order chi connectivity index (χ1) is 18.3. The van der Waals surface area contributed by atoms with Crippen molar-refractivity contribution < 1.29 is 24.2 Å². The Balaban J connectivity index is 1.27. The van der Waals surface area contributed by atoms with E-state index in [-0.39, 0.29) is 18.6 Å². The molecular formula is C27H27N5O5S. The molecule has 38 heavy (non-hydrogen) atoms. The Labute approximate surface area is 222 Å². The van der Waals surface area contributed by atoms with Crippen molar-refractivity contribution in [2.24, 2.45) is 5.73 Å². The van der Waals surface area contributed by atoms with Crippen molar-refractivity contribution in [1.82, 2.24) is 14.5 Å². The van der Waals surface area contributed by atoms with Gasteiger partial charge in [-0.15, -0.1) is 11.3 Å². The zero-order valence-electron chi connectivity index (χ0n) is 20.8. The van der Waals surface area contributed by atoms with Crippen LogP contribution in [0.15, 0.2) is 42.6 Å². The molecule has 1 saturated heterocycles. The van der Waals surface area contributed by atoms with E-state index in [2.05, 4.69) is 10.3 Å². The molecule has 4 N–H and O–H groups in total. The number of amides is 2. The number of carbonyl (C=O) groups excluding carboxylic acids is 3. The van der Waals surface area contributed by atoms with Crippen molar-refractivity contribution in [3.05, 3.63) is 53.2 Å². The number of nitrogens with zero attached hydrogens (tertiary/aromatic N) is 3. The summed E-state index contributed by atoms with van der Waals surface area (Å²) in [6.07, 6.45) is 3.65.